The highest BCUT2D eigenvalue weighted by Gasteiger charge is 2.44. The highest BCUT2D eigenvalue weighted by Crippen LogP contribution is 2.37. The van der Waals surface area contributed by atoms with Crippen LogP contribution in [0, 0.1) is 11.8 Å². The first kappa shape index (κ1) is 66.2. The Balaban J connectivity index is 0.000000227. The van der Waals surface area contributed by atoms with Crippen LogP contribution >= 0.6 is 34.8 Å². The van der Waals surface area contributed by atoms with Gasteiger partial charge in [-0.3, -0.25) is 19.2 Å². The Morgan fingerprint density at radius 2 is 1.04 bits per heavy atom. The second-order valence-corrected chi connectivity index (χ2v) is 29.8. The summed E-state index contributed by atoms with van der Waals surface area (Å²) in [6, 6.07) is 23.6. The van der Waals surface area contributed by atoms with Crippen molar-refractivity contribution < 1.29 is 19.0 Å². The molecular formula is C63H79Cl3N8O7Si. The molecule has 19 heteroatoms. The summed E-state index contributed by atoms with van der Waals surface area (Å²) in [6.45, 7) is 32.3. The van der Waals surface area contributed by atoms with E-state index in [0.717, 1.165) is 48.1 Å². The Hall–Kier alpha value is -6.61. The van der Waals surface area contributed by atoms with Gasteiger partial charge in [0.05, 0.1) is 53.7 Å². The number of ketones is 1. The molecule has 7 rings (SSSR count). The van der Waals surface area contributed by atoms with E-state index in [9.17, 15) is 19.2 Å². The quantitative estimate of drug-likeness (QED) is 0.0391. The lowest BCUT2D eigenvalue weighted by Crippen LogP contribution is -2.58. The van der Waals surface area contributed by atoms with Crippen LogP contribution in [0.2, 0.25) is 26.7 Å². The van der Waals surface area contributed by atoms with Gasteiger partial charge in [0.25, 0.3) is 16.7 Å². The molecular weight excluding hydrogens is 1120 g/mol. The molecule has 0 saturated carbocycles. The van der Waals surface area contributed by atoms with E-state index in [2.05, 4.69) is 108 Å². The molecule has 0 spiro atoms. The van der Waals surface area contributed by atoms with Crippen molar-refractivity contribution in [2.75, 3.05) is 6.61 Å². The first-order chi connectivity index (χ1) is 38.4. The number of Topliss-reactive ketones (excluding diaryl/α,β-unsaturated/α-hetero) is 1. The minimum atomic E-state index is -2.06. The SMILES string of the molecule is CC(C)(C)n1ncc(OCc2ccc([Si](C)(n3ccnc3)C(C)(C)C)cc2)c(Cl)c1=O.CCCCC(=O)c1ccc(COc2cnn(C(C)(C)C)c(=O)c2Cl)cc1.CCCOCc1ccc(C#Cc2cnn(C(C)(C)C)c(=O)c2Cl)cc1. The number of benzene rings is 3. The maximum atomic E-state index is 12.5. The van der Waals surface area contributed by atoms with Gasteiger partial charge >= 0.3 is 0 Å². The average molecular weight is 1190 g/mol. The summed E-state index contributed by atoms with van der Waals surface area (Å²) in [6.07, 6.45) is 13.8. The number of carbonyl (C=O) groups is 1. The van der Waals surface area contributed by atoms with Gasteiger partial charge in [-0.25, -0.2) is 19.0 Å². The summed E-state index contributed by atoms with van der Waals surface area (Å²) in [5.74, 6) is 6.65. The Morgan fingerprint density at radius 3 is 1.48 bits per heavy atom. The van der Waals surface area contributed by atoms with Crippen molar-refractivity contribution in [3.05, 3.63) is 190 Å². The molecule has 438 valence electrons. The van der Waals surface area contributed by atoms with Gasteiger partial charge in [-0.2, -0.15) is 15.3 Å². The number of nitrogens with zero attached hydrogens (tertiary/aromatic N) is 8. The Kier molecular flexibility index (Phi) is 23.1. The predicted octanol–water partition coefficient (Wildman–Crippen LogP) is 13.1. The summed E-state index contributed by atoms with van der Waals surface area (Å²) in [7, 11) is -2.06. The molecule has 0 bridgehead atoms. The van der Waals surface area contributed by atoms with E-state index >= 15 is 0 Å². The highest BCUT2D eigenvalue weighted by atomic mass is 35.5. The molecule has 0 N–H and O–H groups in total. The normalized spacial score (nSPS) is 12.4. The lowest BCUT2D eigenvalue weighted by atomic mass is 10.0. The van der Waals surface area contributed by atoms with E-state index in [4.69, 9.17) is 49.0 Å². The van der Waals surface area contributed by atoms with Crippen molar-refractivity contribution in [3.63, 3.8) is 0 Å². The number of hydrogen-bond donors (Lipinski definition) is 0. The van der Waals surface area contributed by atoms with Crippen LogP contribution in [0.1, 0.15) is 161 Å². The van der Waals surface area contributed by atoms with Crippen LogP contribution in [0.4, 0.5) is 0 Å². The molecule has 7 aromatic rings. The third-order valence-electron chi connectivity index (χ3n) is 13.3. The molecule has 0 fully saturated rings. The monoisotopic (exact) mass is 1190 g/mol. The van der Waals surface area contributed by atoms with Crippen molar-refractivity contribution in [1.82, 2.24) is 38.6 Å². The minimum absolute atomic E-state index is 0.0151. The molecule has 0 aliphatic rings. The molecule has 1 atom stereocenters. The van der Waals surface area contributed by atoms with Crippen LogP contribution in [-0.2, 0) is 41.2 Å². The maximum Gasteiger partial charge on any atom is 0.289 e. The zero-order chi connectivity index (χ0) is 60.8. The molecule has 15 nitrogen and oxygen atoms in total. The van der Waals surface area contributed by atoms with Crippen molar-refractivity contribution in [1.29, 1.82) is 0 Å². The first-order valence-corrected chi connectivity index (χ1v) is 31.0. The topological polar surface area (TPSA) is 167 Å². The summed E-state index contributed by atoms with van der Waals surface area (Å²) in [5, 5.41) is 14.1. The van der Waals surface area contributed by atoms with E-state index in [1.54, 1.807) is 12.1 Å². The van der Waals surface area contributed by atoms with E-state index in [0.29, 0.717) is 36.5 Å². The fourth-order valence-electron chi connectivity index (χ4n) is 8.16. The molecule has 0 aliphatic heterocycles. The first-order valence-electron chi connectivity index (χ1n) is 27.4. The third kappa shape index (κ3) is 17.5. The Bertz CT molecular complexity index is 3490. The highest BCUT2D eigenvalue weighted by molar-refractivity contribution is 6.91. The third-order valence-corrected chi connectivity index (χ3v) is 20.1. The largest absolute Gasteiger partial charge is 0.485 e. The Labute approximate surface area is 499 Å². The second-order valence-electron chi connectivity index (χ2n) is 24.0. The lowest BCUT2D eigenvalue weighted by Gasteiger charge is -2.41. The van der Waals surface area contributed by atoms with Crippen molar-refractivity contribution in [3.8, 4) is 23.3 Å². The molecule has 4 heterocycles. The number of halogens is 3. The van der Waals surface area contributed by atoms with Gasteiger partial charge in [0, 0.05) is 36.5 Å². The van der Waals surface area contributed by atoms with Crippen molar-refractivity contribution in [2.24, 2.45) is 0 Å². The second kappa shape index (κ2) is 28.6. The standard InChI is InChI=1S/C23H31ClN4O2Si.C20H25ClN2O3.C20H23ClN2O2/c1-22(2,3)28-21(29)20(24)19(14-26-28)30-15-17-8-10-18(11-9-17)31(7,23(4,5)6)27-13-12-25-16-27;1-5-6-7-16(24)15-10-8-14(9-11-15)13-26-17-12-22-23(20(2,3)4)19(25)18(17)21;1-5-12-25-14-16-8-6-15(7-9-16)10-11-17-13-22-23(20(2,3)4)19(24)18(17)21/h8-14,16H,15H2,1-7H3;8-12H,5-7,13H2,1-4H3;6-9,13H,5,12,14H2,1-4H3. The van der Waals surface area contributed by atoms with Gasteiger partial charge in [0.15, 0.2) is 35.6 Å². The summed E-state index contributed by atoms with van der Waals surface area (Å²) < 4.78 is 23.3. The fourth-order valence-corrected chi connectivity index (χ4v) is 12.1. The molecule has 4 aromatic heterocycles. The van der Waals surface area contributed by atoms with Gasteiger partial charge in [-0.15, -0.1) is 0 Å². The minimum Gasteiger partial charge on any atom is -0.485 e. The number of hydrogen-bond acceptors (Lipinski definition) is 11. The molecule has 0 amide bonds. The summed E-state index contributed by atoms with van der Waals surface area (Å²) in [4.78, 5) is 53.4. The molecule has 1 unspecified atom stereocenters. The zero-order valence-electron chi connectivity index (χ0n) is 50.1. The Morgan fingerprint density at radius 1 is 0.585 bits per heavy atom. The van der Waals surface area contributed by atoms with E-state index in [1.807, 2.05) is 111 Å². The van der Waals surface area contributed by atoms with Crippen LogP contribution in [-0.4, -0.2) is 59.2 Å². The van der Waals surface area contributed by atoms with Crippen LogP contribution < -0.4 is 31.3 Å². The lowest BCUT2D eigenvalue weighted by molar-refractivity contribution is 0.0979. The van der Waals surface area contributed by atoms with Crippen molar-refractivity contribution >= 4 is 54.0 Å². The summed E-state index contributed by atoms with van der Waals surface area (Å²) >= 11 is 18.6. The summed E-state index contributed by atoms with van der Waals surface area (Å²) in [5.41, 5.74) is 2.56. The van der Waals surface area contributed by atoms with Crippen LogP contribution in [0.15, 0.2) is 124 Å². The number of aromatic nitrogens is 8. The molecule has 0 radical (unpaired) electrons. The van der Waals surface area contributed by atoms with Crippen molar-refractivity contribution in [2.45, 2.75) is 171 Å². The van der Waals surface area contributed by atoms with Gasteiger partial charge in [-0.1, -0.05) is 148 Å². The van der Waals surface area contributed by atoms with Crippen LogP contribution in [0.5, 0.6) is 11.5 Å². The van der Waals surface area contributed by atoms with Gasteiger partial charge < -0.3 is 18.4 Å². The molecule has 3 aromatic carbocycles. The number of unbranched alkanes of at least 4 members (excludes halogenated alkanes) is 1. The van der Waals surface area contributed by atoms with Gasteiger partial charge in [-0.05, 0) is 121 Å². The van der Waals surface area contributed by atoms with Gasteiger partial charge in [0.1, 0.15) is 18.2 Å². The van der Waals surface area contributed by atoms with E-state index in [1.165, 1.54) is 37.8 Å². The smallest absolute Gasteiger partial charge is 0.289 e. The van der Waals surface area contributed by atoms with E-state index in [-0.39, 0.29) is 54.9 Å². The van der Waals surface area contributed by atoms with E-state index < -0.39 is 24.9 Å². The van der Waals surface area contributed by atoms with Crippen LogP contribution in [0.3, 0.4) is 0 Å². The molecule has 0 aliphatic carbocycles. The molecule has 0 saturated heterocycles. The fraction of sp³-hybridized carbons (Fsp3) is 0.429. The number of carbonyl (C=O) groups excluding carboxylic acids is 1. The number of imidazole rings is 1. The number of rotatable bonds is 16. The predicted molar refractivity (Wildman–Crippen MR) is 332 cm³/mol. The number of ether oxygens (including phenoxy) is 3. The van der Waals surface area contributed by atoms with Gasteiger partial charge in [0.2, 0.25) is 0 Å². The average Bonchev–Trinajstić information content (AvgIpc) is 3.54. The van der Waals surface area contributed by atoms with Crippen LogP contribution in [0.25, 0.3) is 0 Å². The zero-order valence-corrected chi connectivity index (χ0v) is 53.4. The molecule has 82 heavy (non-hydrogen) atoms. The maximum absolute atomic E-state index is 12.5.